The summed E-state index contributed by atoms with van der Waals surface area (Å²) < 4.78 is 5.18. The average molecular weight is 431 g/mol. The Morgan fingerprint density at radius 3 is 2.52 bits per heavy atom. The maximum absolute atomic E-state index is 5.18. The van der Waals surface area contributed by atoms with Crippen LogP contribution in [0.25, 0.3) is 0 Å². The summed E-state index contributed by atoms with van der Waals surface area (Å²) in [7, 11) is 1.72. The monoisotopic (exact) mass is 431 g/mol. The number of nitrogens with zero attached hydrogens (tertiary/aromatic N) is 1. The van der Waals surface area contributed by atoms with Gasteiger partial charge in [-0.1, -0.05) is 36.8 Å². The zero-order valence-corrected chi connectivity index (χ0v) is 16.8. The SMILES string of the molecule is CCNC(=NCC1(c2ccccc2)CCC1)NC(C)COC.I. The number of benzene rings is 1. The summed E-state index contributed by atoms with van der Waals surface area (Å²) >= 11 is 0. The highest BCUT2D eigenvalue weighted by molar-refractivity contribution is 14.0. The van der Waals surface area contributed by atoms with E-state index in [4.69, 9.17) is 9.73 Å². The molecule has 0 heterocycles. The van der Waals surface area contributed by atoms with Crippen LogP contribution in [0.2, 0.25) is 0 Å². The minimum absolute atomic E-state index is 0. The lowest BCUT2D eigenvalue weighted by atomic mass is 9.64. The number of guanidine groups is 1. The highest BCUT2D eigenvalue weighted by atomic mass is 127. The Labute approximate surface area is 157 Å². The van der Waals surface area contributed by atoms with E-state index in [9.17, 15) is 0 Å². The molecule has 1 atom stereocenters. The molecule has 0 aliphatic heterocycles. The molecule has 0 bridgehead atoms. The summed E-state index contributed by atoms with van der Waals surface area (Å²) in [6.07, 6.45) is 3.76. The van der Waals surface area contributed by atoms with Crippen molar-refractivity contribution in [3.8, 4) is 0 Å². The van der Waals surface area contributed by atoms with Crippen molar-refractivity contribution in [1.29, 1.82) is 0 Å². The van der Waals surface area contributed by atoms with Crippen LogP contribution in [-0.2, 0) is 10.2 Å². The summed E-state index contributed by atoms with van der Waals surface area (Å²) in [5, 5.41) is 6.73. The molecular weight excluding hydrogens is 401 g/mol. The van der Waals surface area contributed by atoms with Gasteiger partial charge in [-0.3, -0.25) is 4.99 Å². The molecule has 1 fully saturated rings. The number of methoxy groups -OCH3 is 1. The van der Waals surface area contributed by atoms with Gasteiger partial charge in [0.25, 0.3) is 0 Å². The smallest absolute Gasteiger partial charge is 0.191 e. The topological polar surface area (TPSA) is 45.7 Å². The Kier molecular flexibility index (Phi) is 8.91. The van der Waals surface area contributed by atoms with Gasteiger partial charge in [0.05, 0.1) is 13.2 Å². The van der Waals surface area contributed by atoms with Gasteiger partial charge in [-0.05, 0) is 32.3 Å². The van der Waals surface area contributed by atoms with Crippen LogP contribution in [0.4, 0.5) is 0 Å². The number of ether oxygens (including phenoxy) is 1. The zero-order chi connectivity index (χ0) is 15.8. The maximum atomic E-state index is 5.18. The predicted molar refractivity (Wildman–Crippen MR) is 108 cm³/mol. The van der Waals surface area contributed by atoms with E-state index in [-0.39, 0.29) is 35.4 Å². The van der Waals surface area contributed by atoms with Crippen molar-refractivity contribution in [2.75, 3.05) is 26.8 Å². The minimum atomic E-state index is 0. The third-order valence-corrected chi connectivity index (χ3v) is 4.38. The van der Waals surface area contributed by atoms with Gasteiger partial charge in [0.15, 0.2) is 5.96 Å². The molecule has 5 heteroatoms. The summed E-state index contributed by atoms with van der Waals surface area (Å²) in [5.41, 5.74) is 1.65. The molecule has 2 N–H and O–H groups in total. The van der Waals surface area contributed by atoms with E-state index in [1.165, 1.54) is 24.8 Å². The number of nitrogens with one attached hydrogen (secondary N) is 2. The molecule has 1 aromatic rings. The predicted octanol–water partition coefficient (Wildman–Crippen LogP) is 3.32. The van der Waals surface area contributed by atoms with Crippen molar-refractivity contribution in [3.05, 3.63) is 35.9 Å². The number of rotatable bonds is 7. The van der Waals surface area contributed by atoms with Crippen molar-refractivity contribution in [3.63, 3.8) is 0 Å². The van der Waals surface area contributed by atoms with Gasteiger partial charge in [0.1, 0.15) is 0 Å². The van der Waals surface area contributed by atoms with Crippen molar-refractivity contribution >= 4 is 29.9 Å². The molecule has 0 aromatic heterocycles. The van der Waals surface area contributed by atoms with Crippen molar-refractivity contribution < 1.29 is 4.74 Å². The van der Waals surface area contributed by atoms with E-state index in [0.29, 0.717) is 6.61 Å². The Hall–Kier alpha value is -0.820. The molecule has 1 aliphatic rings. The fraction of sp³-hybridized carbons (Fsp3) is 0.611. The van der Waals surface area contributed by atoms with Crippen molar-refractivity contribution in [2.24, 2.45) is 4.99 Å². The largest absolute Gasteiger partial charge is 0.383 e. The van der Waals surface area contributed by atoms with Crippen LogP contribution in [0.1, 0.15) is 38.7 Å². The molecule has 23 heavy (non-hydrogen) atoms. The fourth-order valence-electron chi connectivity index (χ4n) is 3.01. The Bertz CT molecular complexity index is 474. The van der Waals surface area contributed by atoms with E-state index in [1.807, 2.05) is 0 Å². The van der Waals surface area contributed by atoms with E-state index in [2.05, 4.69) is 54.8 Å². The first-order chi connectivity index (χ1) is 10.7. The third-order valence-electron chi connectivity index (χ3n) is 4.38. The van der Waals surface area contributed by atoms with Gasteiger partial charge in [-0.25, -0.2) is 0 Å². The second-order valence-corrected chi connectivity index (χ2v) is 6.20. The molecule has 2 rings (SSSR count). The van der Waals surface area contributed by atoms with Gasteiger partial charge >= 0.3 is 0 Å². The van der Waals surface area contributed by atoms with Crippen LogP contribution in [0.15, 0.2) is 35.3 Å². The van der Waals surface area contributed by atoms with Crippen LogP contribution in [0, 0.1) is 0 Å². The number of halogens is 1. The highest BCUT2D eigenvalue weighted by Crippen LogP contribution is 2.43. The first-order valence-corrected chi connectivity index (χ1v) is 8.29. The van der Waals surface area contributed by atoms with Crippen LogP contribution in [0.3, 0.4) is 0 Å². The van der Waals surface area contributed by atoms with Crippen LogP contribution >= 0.6 is 24.0 Å². The summed E-state index contributed by atoms with van der Waals surface area (Å²) in [6.45, 7) is 6.57. The molecule has 130 valence electrons. The highest BCUT2D eigenvalue weighted by Gasteiger charge is 2.38. The number of aliphatic imine (C=N–C) groups is 1. The molecule has 0 amide bonds. The van der Waals surface area contributed by atoms with Gasteiger partial charge in [-0.2, -0.15) is 0 Å². The molecule has 1 saturated carbocycles. The minimum Gasteiger partial charge on any atom is -0.383 e. The average Bonchev–Trinajstić information content (AvgIpc) is 2.47. The van der Waals surface area contributed by atoms with Gasteiger partial charge in [-0.15, -0.1) is 24.0 Å². The number of hydrogen-bond acceptors (Lipinski definition) is 2. The normalized spacial score (nSPS) is 17.6. The first kappa shape index (κ1) is 20.2. The third kappa shape index (κ3) is 5.64. The molecule has 4 nitrogen and oxygen atoms in total. The lowest BCUT2D eigenvalue weighted by molar-refractivity contribution is 0.179. The van der Waals surface area contributed by atoms with Crippen molar-refractivity contribution in [1.82, 2.24) is 10.6 Å². The van der Waals surface area contributed by atoms with E-state index < -0.39 is 0 Å². The van der Waals surface area contributed by atoms with Gasteiger partial charge < -0.3 is 15.4 Å². The Balaban J connectivity index is 0.00000264. The molecule has 1 unspecified atom stereocenters. The second kappa shape index (κ2) is 10.1. The van der Waals surface area contributed by atoms with Crippen LogP contribution < -0.4 is 10.6 Å². The van der Waals surface area contributed by atoms with E-state index in [0.717, 1.165) is 19.0 Å². The van der Waals surface area contributed by atoms with Crippen molar-refractivity contribution in [2.45, 2.75) is 44.6 Å². The summed E-state index contributed by atoms with van der Waals surface area (Å²) in [5.74, 6) is 0.884. The van der Waals surface area contributed by atoms with Crippen LogP contribution in [0.5, 0.6) is 0 Å². The molecular formula is C18H30IN3O. The zero-order valence-electron chi connectivity index (χ0n) is 14.5. The van der Waals surface area contributed by atoms with E-state index in [1.54, 1.807) is 7.11 Å². The Morgan fingerprint density at radius 1 is 1.30 bits per heavy atom. The van der Waals surface area contributed by atoms with Crippen LogP contribution in [-0.4, -0.2) is 38.8 Å². The maximum Gasteiger partial charge on any atom is 0.191 e. The standard InChI is InChI=1S/C18H29N3O.HI/c1-4-19-17(21-15(2)13-22-3)20-14-18(11-8-12-18)16-9-6-5-7-10-16;/h5-7,9-10,15H,4,8,11-14H2,1-3H3,(H2,19,20,21);1H. The molecule has 1 aromatic carbocycles. The lowest BCUT2D eigenvalue weighted by Gasteiger charge is -2.41. The first-order valence-electron chi connectivity index (χ1n) is 8.29. The van der Waals surface area contributed by atoms with Gasteiger partial charge in [0, 0.05) is 25.1 Å². The fourth-order valence-corrected chi connectivity index (χ4v) is 3.01. The molecule has 1 aliphatic carbocycles. The van der Waals surface area contributed by atoms with Gasteiger partial charge in [0.2, 0.25) is 0 Å². The second-order valence-electron chi connectivity index (χ2n) is 6.20. The van der Waals surface area contributed by atoms with E-state index >= 15 is 0 Å². The number of hydrogen-bond donors (Lipinski definition) is 2. The quantitative estimate of drug-likeness (QED) is 0.396. The summed E-state index contributed by atoms with van der Waals surface area (Å²) in [6, 6.07) is 11.1. The molecule has 0 saturated heterocycles. The Morgan fingerprint density at radius 2 is 2.00 bits per heavy atom. The lowest BCUT2D eigenvalue weighted by Crippen LogP contribution is -2.45. The molecule has 0 radical (unpaired) electrons. The molecule has 0 spiro atoms. The summed E-state index contributed by atoms with van der Waals surface area (Å²) in [4.78, 5) is 4.85.